The number of benzene rings is 1. The molecule has 0 aliphatic rings. The Bertz CT molecular complexity index is 509. The minimum atomic E-state index is -0.306. The number of ether oxygens (including phenoxy) is 2. The number of amides is 1. The smallest absolute Gasteiger partial charge is 0.315 e. The van der Waals surface area contributed by atoms with Gasteiger partial charge in [-0.25, -0.2) is 0 Å². The molecule has 1 amide bonds. The number of likely N-dealkylation sites (N-methyl/N-ethyl adjacent to an activating group) is 1. The molecule has 0 bridgehead atoms. The second kappa shape index (κ2) is 10.4. The highest BCUT2D eigenvalue weighted by Gasteiger charge is 2.19. The molecule has 1 unspecified atom stereocenters. The lowest BCUT2D eigenvalue weighted by Gasteiger charge is -2.21. The van der Waals surface area contributed by atoms with Crippen LogP contribution in [-0.4, -0.2) is 54.6 Å². The van der Waals surface area contributed by atoms with Crippen molar-refractivity contribution in [2.24, 2.45) is 0 Å². The van der Waals surface area contributed by atoms with Gasteiger partial charge >= 0.3 is 5.97 Å². The minimum Gasteiger partial charge on any atom is -0.492 e. The Morgan fingerprint density at radius 3 is 2.57 bits per heavy atom. The van der Waals surface area contributed by atoms with Gasteiger partial charge in [-0.2, -0.15) is 0 Å². The summed E-state index contributed by atoms with van der Waals surface area (Å²) in [6, 6.07) is 7.06. The summed E-state index contributed by atoms with van der Waals surface area (Å²) in [6.07, 6.45) is 0. The number of hydrogen-bond donors (Lipinski definition) is 0. The summed E-state index contributed by atoms with van der Waals surface area (Å²) in [5, 5.41) is 0.344. The Morgan fingerprint density at radius 1 is 1.30 bits per heavy atom. The first-order valence-electron chi connectivity index (χ1n) is 7.34. The third-order valence-corrected chi connectivity index (χ3v) is 4.35. The standard InChI is InChI=1S/C16H22ClNO4S/c1-4-21-15(19)11-23-12(2)16(20)18(3)9-10-22-14-7-5-13(17)6-8-14/h5-8,12H,4,9-11H2,1-3H3. The molecule has 0 heterocycles. The number of thioether (sulfide) groups is 1. The third kappa shape index (κ3) is 7.61. The number of nitrogens with zero attached hydrogens (tertiary/aromatic N) is 1. The molecule has 0 radical (unpaired) electrons. The van der Waals surface area contributed by atoms with E-state index in [0.717, 1.165) is 0 Å². The van der Waals surface area contributed by atoms with Crippen LogP contribution in [0, 0.1) is 0 Å². The molecule has 7 heteroatoms. The molecule has 0 aliphatic heterocycles. The van der Waals surface area contributed by atoms with Crippen molar-refractivity contribution in [1.29, 1.82) is 0 Å². The lowest BCUT2D eigenvalue weighted by Crippen LogP contribution is -2.36. The van der Waals surface area contributed by atoms with E-state index in [1.165, 1.54) is 11.8 Å². The molecule has 0 N–H and O–H groups in total. The zero-order valence-corrected chi connectivity index (χ0v) is 15.2. The van der Waals surface area contributed by atoms with Crippen molar-refractivity contribution < 1.29 is 19.1 Å². The number of carbonyl (C=O) groups is 2. The molecule has 128 valence electrons. The monoisotopic (exact) mass is 359 g/mol. The number of rotatable bonds is 9. The van der Waals surface area contributed by atoms with Gasteiger partial charge in [-0.1, -0.05) is 11.6 Å². The van der Waals surface area contributed by atoms with Crippen molar-refractivity contribution in [3.05, 3.63) is 29.3 Å². The largest absolute Gasteiger partial charge is 0.492 e. The Hall–Kier alpha value is -1.40. The van der Waals surface area contributed by atoms with E-state index in [1.807, 2.05) is 0 Å². The van der Waals surface area contributed by atoms with Crippen LogP contribution in [0.1, 0.15) is 13.8 Å². The normalized spacial score (nSPS) is 11.7. The van der Waals surface area contributed by atoms with Crippen molar-refractivity contribution in [3.63, 3.8) is 0 Å². The average Bonchev–Trinajstić information content (AvgIpc) is 2.54. The van der Waals surface area contributed by atoms with Crippen molar-refractivity contribution in [3.8, 4) is 5.75 Å². The Kier molecular flexibility index (Phi) is 8.87. The molecule has 1 aromatic rings. The highest BCUT2D eigenvalue weighted by Crippen LogP contribution is 2.16. The van der Waals surface area contributed by atoms with Gasteiger partial charge in [0.2, 0.25) is 5.91 Å². The van der Waals surface area contributed by atoms with Crippen molar-refractivity contribution in [2.45, 2.75) is 19.1 Å². The Morgan fingerprint density at radius 2 is 1.96 bits per heavy atom. The lowest BCUT2D eigenvalue weighted by atomic mass is 10.3. The highest BCUT2D eigenvalue weighted by molar-refractivity contribution is 8.01. The first-order valence-corrected chi connectivity index (χ1v) is 8.77. The maximum Gasteiger partial charge on any atom is 0.315 e. The summed E-state index contributed by atoms with van der Waals surface area (Å²) in [7, 11) is 1.72. The quantitative estimate of drug-likeness (QED) is 0.634. The predicted molar refractivity (Wildman–Crippen MR) is 93.1 cm³/mol. The molecule has 0 saturated heterocycles. The van der Waals surface area contributed by atoms with Gasteiger partial charge in [0.05, 0.1) is 24.2 Å². The molecule has 0 aromatic heterocycles. The zero-order chi connectivity index (χ0) is 17.2. The molecule has 1 rings (SSSR count). The fraction of sp³-hybridized carbons (Fsp3) is 0.500. The van der Waals surface area contributed by atoms with E-state index in [4.69, 9.17) is 21.1 Å². The van der Waals surface area contributed by atoms with E-state index in [1.54, 1.807) is 50.1 Å². The summed E-state index contributed by atoms with van der Waals surface area (Å²) >= 11 is 7.07. The number of hydrogen-bond acceptors (Lipinski definition) is 5. The molecule has 5 nitrogen and oxygen atoms in total. The predicted octanol–water partition coefficient (Wildman–Crippen LogP) is 2.86. The van der Waals surface area contributed by atoms with Crippen LogP contribution < -0.4 is 4.74 Å². The van der Waals surface area contributed by atoms with Crippen LogP contribution in [0.15, 0.2) is 24.3 Å². The van der Waals surface area contributed by atoms with Crippen molar-refractivity contribution in [2.75, 3.05) is 32.6 Å². The minimum absolute atomic E-state index is 0.0426. The summed E-state index contributed by atoms with van der Waals surface area (Å²) in [5.74, 6) is 0.542. The highest BCUT2D eigenvalue weighted by atomic mass is 35.5. The number of halogens is 1. The molecule has 1 aromatic carbocycles. The fourth-order valence-corrected chi connectivity index (χ4v) is 2.64. The van der Waals surface area contributed by atoms with E-state index in [2.05, 4.69) is 0 Å². The maximum atomic E-state index is 12.2. The van der Waals surface area contributed by atoms with Gasteiger partial charge in [-0.15, -0.1) is 11.8 Å². The SMILES string of the molecule is CCOC(=O)CSC(C)C(=O)N(C)CCOc1ccc(Cl)cc1. The van der Waals surface area contributed by atoms with E-state index >= 15 is 0 Å². The second-order valence-corrected chi connectivity index (χ2v) is 6.59. The van der Waals surface area contributed by atoms with Crippen molar-refractivity contribution >= 4 is 35.2 Å². The first-order chi connectivity index (χ1) is 10.9. The third-order valence-electron chi connectivity index (χ3n) is 2.99. The van der Waals surface area contributed by atoms with Gasteiger partial charge in [-0.05, 0) is 38.1 Å². The van der Waals surface area contributed by atoms with Gasteiger partial charge in [0.15, 0.2) is 0 Å². The maximum absolute atomic E-state index is 12.2. The van der Waals surface area contributed by atoms with Gasteiger partial charge in [-0.3, -0.25) is 9.59 Å². The van der Waals surface area contributed by atoms with Gasteiger partial charge in [0.25, 0.3) is 0 Å². The van der Waals surface area contributed by atoms with E-state index in [0.29, 0.717) is 30.5 Å². The molecular weight excluding hydrogens is 338 g/mol. The van der Waals surface area contributed by atoms with Crippen LogP contribution in [0.4, 0.5) is 0 Å². The molecule has 0 saturated carbocycles. The van der Waals surface area contributed by atoms with Crippen LogP contribution in [0.2, 0.25) is 5.02 Å². The molecule has 23 heavy (non-hydrogen) atoms. The van der Waals surface area contributed by atoms with E-state index < -0.39 is 0 Å². The van der Waals surface area contributed by atoms with E-state index in [9.17, 15) is 9.59 Å². The zero-order valence-electron chi connectivity index (χ0n) is 13.6. The number of esters is 1. The van der Waals surface area contributed by atoms with Crippen LogP contribution in [0.5, 0.6) is 5.75 Å². The van der Waals surface area contributed by atoms with Crippen LogP contribution in [0.25, 0.3) is 0 Å². The van der Waals surface area contributed by atoms with Gasteiger partial charge < -0.3 is 14.4 Å². The summed E-state index contributed by atoms with van der Waals surface area (Å²) in [5.41, 5.74) is 0. The Balaban J connectivity index is 2.29. The van der Waals surface area contributed by atoms with Crippen molar-refractivity contribution in [1.82, 2.24) is 4.90 Å². The second-order valence-electron chi connectivity index (χ2n) is 4.82. The Labute approximate surface area is 146 Å². The van der Waals surface area contributed by atoms with Gasteiger partial charge in [0, 0.05) is 12.1 Å². The molecule has 0 fully saturated rings. The lowest BCUT2D eigenvalue weighted by molar-refractivity contribution is -0.139. The van der Waals surface area contributed by atoms with Gasteiger partial charge in [0.1, 0.15) is 12.4 Å². The topological polar surface area (TPSA) is 55.8 Å². The van der Waals surface area contributed by atoms with E-state index in [-0.39, 0.29) is 22.9 Å². The molecular formula is C16H22ClNO4S. The molecule has 0 spiro atoms. The number of carbonyl (C=O) groups excluding carboxylic acids is 2. The average molecular weight is 360 g/mol. The summed E-state index contributed by atoms with van der Waals surface area (Å²) < 4.78 is 10.4. The fourth-order valence-electron chi connectivity index (χ4n) is 1.72. The summed E-state index contributed by atoms with van der Waals surface area (Å²) in [6.45, 7) is 4.74. The summed E-state index contributed by atoms with van der Waals surface area (Å²) in [4.78, 5) is 25.1. The molecule has 0 aliphatic carbocycles. The first kappa shape index (κ1) is 19.6. The van der Waals surface area contributed by atoms with Crippen LogP contribution >= 0.6 is 23.4 Å². The van der Waals surface area contributed by atoms with Crippen LogP contribution in [-0.2, 0) is 14.3 Å². The van der Waals surface area contributed by atoms with Crippen LogP contribution in [0.3, 0.4) is 0 Å². The molecule has 1 atom stereocenters.